The summed E-state index contributed by atoms with van der Waals surface area (Å²) in [5, 5.41) is 5.16. The third-order valence-electron chi connectivity index (χ3n) is 5.67. The Labute approximate surface area is 164 Å². The number of benzene rings is 3. The Morgan fingerprint density at radius 3 is 2.57 bits per heavy atom. The van der Waals surface area contributed by atoms with E-state index in [1.165, 1.54) is 5.56 Å². The van der Waals surface area contributed by atoms with Crippen LogP contribution in [0.25, 0.3) is 10.8 Å². The van der Waals surface area contributed by atoms with Crippen molar-refractivity contribution in [3.05, 3.63) is 71.8 Å². The van der Waals surface area contributed by atoms with E-state index in [1.807, 2.05) is 65.6 Å². The normalized spacial score (nSPS) is 15.9. The number of rotatable bonds is 3. The highest BCUT2D eigenvalue weighted by Gasteiger charge is 2.35. The van der Waals surface area contributed by atoms with Crippen molar-refractivity contribution >= 4 is 34.0 Å². The molecule has 1 aliphatic carbocycles. The van der Waals surface area contributed by atoms with Crippen LogP contribution in [0.1, 0.15) is 35.2 Å². The largest absolute Gasteiger partial charge is 0.322 e. The fourth-order valence-electron chi connectivity index (χ4n) is 3.97. The minimum atomic E-state index is -0.137. The van der Waals surface area contributed by atoms with E-state index in [4.69, 9.17) is 0 Å². The standard InChI is InChI=1S/C24H22N2O2/c27-23(20-10-7-16-4-1-2-5-19(16)14-20)25-21-12-11-17-6-3-13-26(22(17)15-21)24(28)18-8-9-18/h1-2,4-5,7,10-12,14-15,18H,3,6,8-9,13H2,(H,25,27). The van der Waals surface area contributed by atoms with Gasteiger partial charge in [0.25, 0.3) is 5.91 Å². The van der Waals surface area contributed by atoms with Crippen molar-refractivity contribution in [3.8, 4) is 0 Å². The van der Waals surface area contributed by atoms with Gasteiger partial charge in [-0.05, 0) is 66.3 Å². The zero-order chi connectivity index (χ0) is 19.1. The van der Waals surface area contributed by atoms with Crippen LogP contribution < -0.4 is 10.2 Å². The molecule has 1 heterocycles. The van der Waals surface area contributed by atoms with Gasteiger partial charge >= 0.3 is 0 Å². The molecule has 0 radical (unpaired) electrons. The summed E-state index contributed by atoms with van der Waals surface area (Å²) in [6.07, 6.45) is 3.98. The van der Waals surface area contributed by atoms with Crippen molar-refractivity contribution in [1.29, 1.82) is 0 Å². The van der Waals surface area contributed by atoms with Gasteiger partial charge in [0.1, 0.15) is 0 Å². The second-order valence-electron chi connectivity index (χ2n) is 7.73. The van der Waals surface area contributed by atoms with E-state index < -0.39 is 0 Å². The van der Waals surface area contributed by atoms with Gasteiger partial charge in [0, 0.05) is 29.4 Å². The first-order chi connectivity index (χ1) is 13.7. The minimum absolute atomic E-state index is 0.137. The van der Waals surface area contributed by atoms with Gasteiger partial charge in [-0.1, -0.05) is 36.4 Å². The Kier molecular flexibility index (Phi) is 4.12. The Morgan fingerprint density at radius 1 is 0.929 bits per heavy atom. The van der Waals surface area contributed by atoms with Gasteiger partial charge in [0.05, 0.1) is 0 Å². The molecular weight excluding hydrogens is 348 g/mol. The molecule has 3 aromatic carbocycles. The summed E-state index contributed by atoms with van der Waals surface area (Å²) in [4.78, 5) is 27.3. The number of hydrogen-bond donors (Lipinski definition) is 1. The van der Waals surface area contributed by atoms with Gasteiger partial charge in [0.2, 0.25) is 5.91 Å². The van der Waals surface area contributed by atoms with Crippen LogP contribution in [0, 0.1) is 5.92 Å². The van der Waals surface area contributed by atoms with Crippen LogP contribution in [-0.2, 0) is 11.2 Å². The molecule has 0 atom stereocenters. The predicted octanol–water partition coefficient (Wildman–Crippen LogP) is 4.78. The van der Waals surface area contributed by atoms with E-state index in [0.717, 1.165) is 54.4 Å². The number of anilines is 2. The van der Waals surface area contributed by atoms with Crippen LogP contribution in [0.5, 0.6) is 0 Å². The van der Waals surface area contributed by atoms with E-state index in [-0.39, 0.29) is 17.7 Å². The number of nitrogens with one attached hydrogen (secondary N) is 1. The monoisotopic (exact) mass is 370 g/mol. The molecule has 0 unspecified atom stereocenters. The smallest absolute Gasteiger partial charge is 0.255 e. The Bertz CT molecular complexity index is 1080. The molecule has 3 aromatic rings. The van der Waals surface area contributed by atoms with E-state index in [0.29, 0.717) is 5.56 Å². The van der Waals surface area contributed by atoms with E-state index in [1.54, 1.807) is 0 Å². The van der Waals surface area contributed by atoms with E-state index >= 15 is 0 Å². The molecule has 1 saturated carbocycles. The first-order valence-electron chi connectivity index (χ1n) is 9.93. The third-order valence-corrected chi connectivity index (χ3v) is 5.67. The summed E-state index contributed by atoms with van der Waals surface area (Å²) < 4.78 is 0. The summed E-state index contributed by atoms with van der Waals surface area (Å²) in [5.74, 6) is 0.294. The van der Waals surface area contributed by atoms with Crippen LogP contribution >= 0.6 is 0 Å². The van der Waals surface area contributed by atoms with Crippen LogP contribution in [0.3, 0.4) is 0 Å². The second kappa shape index (κ2) is 6.79. The van der Waals surface area contributed by atoms with Crippen LogP contribution in [0.2, 0.25) is 0 Å². The Hall–Kier alpha value is -3.14. The maximum absolute atomic E-state index is 12.8. The van der Waals surface area contributed by atoms with Crippen molar-refractivity contribution < 1.29 is 9.59 Å². The third kappa shape index (κ3) is 3.15. The number of fused-ring (bicyclic) bond motifs is 2. The van der Waals surface area contributed by atoms with Gasteiger partial charge in [-0.3, -0.25) is 9.59 Å². The highest BCUT2D eigenvalue weighted by Crippen LogP contribution is 2.37. The first-order valence-corrected chi connectivity index (χ1v) is 9.93. The summed E-state index contributed by atoms with van der Waals surface area (Å²) in [7, 11) is 0. The van der Waals surface area contributed by atoms with Gasteiger partial charge in [-0.25, -0.2) is 0 Å². The second-order valence-corrected chi connectivity index (χ2v) is 7.73. The molecule has 0 aromatic heterocycles. The SMILES string of the molecule is O=C(Nc1ccc2c(c1)N(C(=O)C1CC1)CCC2)c1ccc2ccccc2c1. The fourth-order valence-corrected chi connectivity index (χ4v) is 3.97. The van der Waals surface area contributed by atoms with Crippen LogP contribution in [0.15, 0.2) is 60.7 Å². The Balaban J connectivity index is 1.41. The van der Waals surface area contributed by atoms with Crippen LogP contribution in [0.4, 0.5) is 11.4 Å². The zero-order valence-electron chi connectivity index (χ0n) is 15.7. The van der Waals surface area contributed by atoms with Gasteiger partial charge in [0.15, 0.2) is 0 Å². The molecule has 2 aliphatic rings. The van der Waals surface area contributed by atoms with Crippen molar-refractivity contribution in [3.63, 3.8) is 0 Å². The topological polar surface area (TPSA) is 49.4 Å². The summed E-state index contributed by atoms with van der Waals surface area (Å²) in [5.41, 5.74) is 3.50. The number of hydrogen-bond acceptors (Lipinski definition) is 2. The molecule has 140 valence electrons. The molecule has 0 spiro atoms. The summed E-state index contributed by atoms with van der Waals surface area (Å²) in [6, 6.07) is 19.6. The van der Waals surface area contributed by atoms with E-state index in [2.05, 4.69) is 5.32 Å². The molecule has 1 N–H and O–H groups in total. The average molecular weight is 370 g/mol. The lowest BCUT2D eigenvalue weighted by atomic mass is 10.0. The maximum Gasteiger partial charge on any atom is 0.255 e. The lowest BCUT2D eigenvalue weighted by Gasteiger charge is -2.30. The van der Waals surface area contributed by atoms with Gasteiger partial charge in [-0.15, -0.1) is 0 Å². The molecule has 1 aliphatic heterocycles. The molecule has 0 bridgehead atoms. The van der Waals surface area contributed by atoms with Gasteiger partial charge in [-0.2, -0.15) is 0 Å². The fraction of sp³-hybridized carbons (Fsp3) is 0.250. The lowest BCUT2D eigenvalue weighted by Crippen LogP contribution is -2.36. The molecule has 5 rings (SSSR count). The lowest BCUT2D eigenvalue weighted by molar-refractivity contribution is -0.119. The highest BCUT2D eigenvalue weighted by molar-refractivity contribution is 6.07. The van der Waals surface area contributed by atoms with E-state index in [9.17, 15) is 9.59 Å². The quantitative estimate of drug-likeness (QED) is 0.721. The molecular formula is C24H22N2O2. The molecule has 1 fully saturated rings. The number of nitrogens with zero attached hydrogens (tertiary/aromatic N) is 1. The number of amides is 2. The molecule has 28 heavy (non-hydrogen) atoms. The average Bonchev–Trinajstić information content (AvgIpc) is 3.58. The van der Waals surface area contributed by atoms with Crippen molar-refractivity contribution in [1.82, 2.24) is 0 Å². The number of carbonyl (C=O) groups is 2. The predicted molar refractivity (Wildman–Crippen MR) is 112 cm³/mol. The molecule has 0 saturated heterocycles. The minimum Gasteiger partial charge on any atom is -0.322 e. The number of aryl methyl sites for hydroxylation is 1. The molecule has 4 nitrogen and oxygen atoms in total. The number of carbonyl (C=O) groups excluding carboxylic acids is 2. The van der Waals surface area contributed by atoms with Crippen LogP contribution in [-0.4, -0.2) is 18.4 Å². The Morgan fingerprint density at radius 2 is 1.75 bits per heavy atom. The maximum atomic E-state index is 12.8. The summed E-state index contributed by atoms with van der Waals surface area (Å²) in [6.45, 7) is 0.768. The van der Waals surface area contributed by atoms with Crippen molar-refractivity contribution in [2.24, 2.45) is 5.92 Å². The van der Waals surface area contributed by atoms with Crippen molar-refractivity contribution in [2.75, 3.05) is 16.8 Å². The van der Waals surface area contributed by atoms with Crippen molar-refractivity contribution in [2.45, 2.75) is 25.7 Å². The van der Waals surface area contributed by atoms with Gasteiger partial charge < -0.3 is 10.2 Å². The first kappa shape index (κ1) is 17.0. The zero-order valence-corrected chi connectivity index (χ0v) is 15.7. The molecule has 4 heteroatoms. The highest BCUT2D eigenvalue weighted by atomic mass is 16.2. The summed E-state index contributed by atoms with van der Waals surface area (Å²) >= 11 is 0. The molecule has 2 amide bonds.